The molecule has 10 N–H and O–H groups in total. The van der Waals surface area contributed by atoms with Crippen LogP contribution in [0.2, 0.25) is 0 Å². The van der Waals surface area contributed by atoms with Crippen molar-refractivity contribution in [2.45, 2.75) is 64.5 Å². The molecule has 0 radical (unpaired) electrons. The van der Waals surface area contributed by atoms with Gasteiger partial charge >= 0.3 is 0 Å². The van der Waals surface area contributed by atoms with Gasteiger partial charge in [-0.1, -0.05) is 30.3 Å². The number of rotatable bonds is 22. The van der Waals surface area contributed by atoms with Crippen molar-refractivity contribution < 1.29 is 28.7 Å². The number of pyridine rings is 10. The zero-order chi connectivity index (χ0) is 100. The van der Waals surface area contributed by atoms with Crippen molar-refractivity contribution in [3.8, 4) is 55.6 Å². The average Bonchev–Trinajstić information content (AvgIpc) is 1.64. The number of aromatic nitrogens is 20. The van der Waals surface area contributed by atoms with E-state index in [0.29, 0.717) is 56.9 Å². The van der Waals surface area contributed by atoms with Gasteiger partial charge in [-0.05, 0) is 268 Å². The highest BCUT2D eigenvalue weighted by atomic mass is 16.5. The molecule has 5 aliphatic rings. The first kappa shape index (κ1) is 95.7. The third kappa shape index (κ3) is 23.1. The number of H-pyrrole nitrogens is 5. The molecule has 20 aromatic rings. The van der Waals surface area contributed by atoms with Crippen LogP contribution in [0.3, 0.4) is 0 Å². The van der Waals surface area contributed by atoms with Gasteiger partial charge in [0, 0.05) is 241 Å². The molecule has 25 rings (SSSR count). The van der Waals surface area contributed by atoms with Crippen LogP contribution in [-0.2, 0) is 17.8 Å². The number of likely N-dealkylation sites (tertiary alicyclic amines) is 2. The van der Waals surface area contributed by atoms with Gasteiger partial charge in [-0.2, -0.15) is 25.5 Å². The largest absolute Gasteiger partial charge is 0.378 e. The Bertz CT molecular complexity index is 7870. The van der Waals surface area contributed by atoms with Crippen molar-refractivity contribution in [3.63, 3.8) is 0 Å². The van der Waals surface area contributed by atoms with Crippen LogP contribution >= 0.6 is 0 Å². The summed E-state index contributed by atoms with van der Waals surface area (Å²) < 4.78 is 5.44. The maximum absolute atomic E-state index is 12.8. The first-order valence-corrected chi connectivity index (χ1v) is 49.4. The van der Waals surface area contributed by atoms with E-state index in [1.807, 2.05) is 153 Å². The van der Waals surface area contributed by atoms with Crippen LogP contribution in [0, 0.1) is 0 Å². The molecule has 0 spiro atoms. The van der Waals surface area contributed by atoms with Gasteiger partial charge in [0.05, 0.1) is 76.4 Å². The van der Waals surface area contributed by atoms with E-state index in [2.05, 4.69) is 182 Å². The van der Waals surface area contributed by atoms with Gasteiger partial charge in [0.2, 0.25) is 0 Å². The van der Waals surface area contributed by atoms with Crippen LogP contribution < -0.4 is 41.3 Å². The van der Waals surface area contributed by atoms with Crippen LogP contribution in [0.5, 0.6) is 0 Å². The summed E-state index contributed by atoms with van der Waals surface area (Å²) in [5.41, 5.74) is 25.2. The monoisotopic (exact) mass is 1960 g/mol. The Labute approximate surface area is 849 Å². The zero-order valence-electron chi connectivity index (χ0n) is 80.8. The summed E-state index contributed by atoms with van der Waals surface area (Å²) in [6, 6.07) is 58.0. The highest BCUT2D eigenvalue weighted by molar-refractivity contribution is 6.16. The fourth-order valence-corrected chi connectivity index (χ4v) is 18.6. The number of ether oxygens (including phenoxy) is 1. The molecule has 5 aliphatic heterocycles. The molecule has 0 bridgehead atoms. The van der Waals surface area contributed by atoms with Crippen LogP contribution in [0.1, 0.15) is 115 Å². The first-order valence-electron chi connectivity index (χ1n) is 49.4. The molecule has 36 heteroatoms. The molecule has 0 atom stereocenters. The number of benzene rings is 5. The lowest BCUT2D eigenvalue weighted by atomic mass is 10.0. The Hall–Kier alpha value is -18.4. The van der Waals surface area contributed by atoms with Crippen molar-refractivity contribution in [2.75, 3.05) is 120 Å². The molecule has 20 heterocycles. The minimum Gasteiger partial charge on any atom is -0.378 e. The zero-order valence-corrected chi connectivity index (χ0v) is 80.8. The highest BCUT2D eigenvalue weighted by Gasteiger charge is 2.26. The number of nitrogens with zero attached hydrogens (tertiary/aromatic N) is 20. The lowest BCUT2D eigenvalue weighted by molar-refractivity contribution is 0.101. The van der Waals surface area contributed by atoms with Crippen LogP contribution in [0.4, 0.5) is 45.5 Å². The minimum atomic E-state index is -0.273. The lowest BCUT2D eigenvalue weighted by Gasteiger charge is -2.30. The molecule has 738 valence electrons. The first-order chi connectivity index (χ1) is 72.8. The number of hydrogen-bond acceptors (Lipinski definition) is 26. The quantitative estimate of drug-likeness (QED) is 0.0301. The fraction of sp³-hybridized carbons (Fsp3) is 0.196. The molecular weight excluding hydrogens is 1860 g/mol. The normalized spacial score (nSPS) is 14.0. The molecule has 0 aliphatic carbocycles. The van der Waals surface area contributed by atoms with E-state index in [4.69, 9.17) is 4.74 Å². The summed E-state index contributed by atoms with van der Waals surface area (Å²) in [4.78, 5) is 118. The lowest BCUT2D eigenvalue weighted by Crippen LogP contribution is -2.36. The second-order valence-corrected chi connectivity index (χ2v) is 36.5. The number of carbonyl (C=O) groups is 5. The summed E-state index contributed by atoms with van der Waals surface area (Å²) in [5, 5.41) is 54.1. The van der Waals surface area contributed by atoms with Crippen LogP contribution in [0.25, 0.3) is 110 Å². The molecule has 5 aromatic carbocycles. The summed E-state index contributed by atoms with van der Waals surface area (Å²) in [6.45, 7) is 13.9. The number of hydrogen-bond donors (Lipinski definition) is 10. The van der Waals surface area contributed by atoms with Crippen molar-refractivity contribution in [1.29, 1.82) is 0 Å². The number of piperidine rings is 1. The molecule has 15 aromatic heterocycles. The molecular formula is C112H104N30O6. The number of nitrogens with one attached hydrogen (secondary N) is 10. The second kappa shape index (κ2) is 45.5. The Balaban J connectivity index is 0.000000108. The SMILES string of the molecule is O=C(Nc1ccncc1)c1n[nH]c2ccc(-c3cncc(CN4CCC4)c3)cc12.O=C(Nc1ccncc1)c1n[nH]c2ccc(-c3cncc(CN4CCCC4)c3)cc12.O=C(Nc1ccncc1)c1n[nH]c2ccc(-c3cncc(N4CCCC4)c3)cc12.O=C(Nc1ccncc1)c1n[nH]c2ccc(-c3cncc(N4CCCCC4)c3)cc12.O=C(Nc1ccncc1)c1n[nH]c2ccc(-c3cncc(N4CCOCC4)c3)cc12. The van der Waals surface area contributed by atoms with Crippen molar-refractivity contribution in [1.82, 2.24) is 111 Å². The number of anilines is 8. The molecule has 0 unspecified atom stereocenters. The van der Waals surface area contributed by atoms with Gasteiger partial charge in [0.15, 0.2) is 28.5 Å². The topological polar surface area (TPSA) is 443 Å². The fourth-order valence-electron chi connectivity index (χ4n) is 18.6. The molecule has 36 nitrogen and oxygen atoms in total. The minimum absolute atomic E-state index is 0.259. The van der Waals surface area contributed by atoms with Gasteiger partial charge in [0.25, 0.3) is 29.5 Å². The Morgan fingerprint density at radius 3 is 0.736 bits per heavy atom. The Kier molecular flexibility index (Phi) is 29.4. The van der Waals surface area contributed by atoms with Crippen molar-refractivity contribution >= 4 is 130 Å². The van der Waals surface area contributed by atoms with Gasteiger partial charge in [-0.15, -0.1) is 0 Å². The summed E-state index contributed by atoms with van der Waals surface area (Å²) in [6.07, 6.45) is 45.2. The van der Waals surface area contributed by atoms with Crippen LogP contribution in [0.15, 0.2) is 306 Å². The summed E-state index contributed by atoms with van der Waals surface area (Å²) in [5.74, 6) is -1.31. The number of aromatic amines is 5. The predicted molar refractivity (Wildman–Crippen MR) is 573 cm³/mol. The van der Waals surface area contributed by atoms with Crippen LogP contribution in [-0.4, -0.2) is 219 Å². The molecule has 148 heavy (non-hydrogen) atoms. The summed E-state index contributed by atoms with van der Waals surface area (Å²) in [7, 11) is 0. The molecule has 5 amide bonds. The van der Waals surface area contributed by atoms with Gasteiger partial charge in [-0.3, -0.25) is 109 Å². The Morgan fingerprint density at radius 1 is 0.236 bits per heavy atom. The van der Waals surface area contributed by atoms with E-state index < -0.39 is 0 Å². The van der Waals surface area contributed by atoms with E-state index in [-0.39, 0.29) is 29.5 Å². The molecule has 5 saturated heterocycles. The Morgan fingerprint density at radius 2 is 0.473 bits per heavy atom. The number of morpholine rings is 1. The third-order valence-electron chi connectivity index (χ3n) is 26.5. The highest BCUT2D eigenvalue weighted by Crippen LogP contribution is 2.37. The summed E-state index contributed by atoms with van der Waals surface area (Å²) >= 11 is 0. The van der Waals surface area contributed by atoms with Crippen molar-refractivity contribution in [3.05, 3.63) is 346 Å². The number of carbonyl (C=O) groups excluding carboxylic acids is 5. The third-order valence-corrected chi connectivity index (χ3v) is 26.5. The van der Waals surface area contributed by atoms with E-state index >= 15 is 0 Å². The predicted octanol–water partition coefficient (Wildman–Crippen LogP) is 18.6. The molecule has 0 saturated carbocycles. The molecule has 5 fully saturated rings. The van der Waals surface area contributed by atoms with Gasteiger partial charge in [0.1, 0.15) is 0 Å². The number of fused-ring (bicyclic) bond motifs is 5. The standard InChI is InChI=1S/2C23H22N6O.C22H20N6O2.2C22H20N6O/c30-23(26-19-5-7-24-8-6-19)22-20-12-17(3-4-21(20)27-28-22)18-11-16(13-25-14-18)15-29-9-1-2-10-29;30-23(26-18-6-8-24-9-7-18)22-20-13-16(4-5-21(20)27-28-22)17-12-19(15-25-14-17)29-10-2-1-3-11-29;29-22(25-17-3-5-23-6-4-17)21-19-12-15(1-2-20(19)26-27-21)16-11-18(14-24-13-16)28-7-9-30-10-8-28;29-22(25-18-4-6-23-7-5-18)21-19-11-16(2-3-20(19)26-27-21)17-10-15(12-24-13-17)14-28-8-1-9-28;29-22(25-17-5-7-23-8-6-17)21-19-12-15(3-4-20(19)26-27-21)16-11-18(14-24-13-16)28-9-1-2-10-28/h3-8,11-14H,1-2,9-10,15H2,(H,27,28)(H,24,26,30);4-9,12-15H,1-3,10-11H2,(H,27,28)(H,24,26,30);1-6,11-14H,7-10H2,(H,26,27)(H,23,25,29);2-7,10-13H,1,8-9,14H2,(H,26,27)(H,23,25,29);3-8,11-14H,1-2,9-10H2,(H,26,27)(H,23,25,29). The van der Waals surface area contributed by atoms with Gasteiger partial charge < -0.3 is 46.0 Å². The van der Waals surface area contributed by atoms with E-state index in [1.54, 1.807) is 123 Å². The average molecular weight is 1970 g/mol. The van der Waals surface area contributed by atoms with Gasteiger partial charge in [-0.25, -0.2) is 0 Å². The maximum Gasteiger partial charge on any atom is 0.276 e. The smallest absolute Gasteiger partial charge is 0.276 e. The number of amides is 5. The van der Waals surface area contributed by atoms with Crippen molar-refractivity contribution in [2.24, 2.45) is 0 Å². The second-order valence-electron chi connectivity index (χ2n) is 36.5. The maximum atomic E-state index is 12.8. The van der Waals surface area contributed by atoms with E-state index in [9.17, 15) is 24.0 Å². The van der Waals surface area contributed by atoms with E-state index in [1.165, 1.54) is 62.5 Å². The van der Waals surface area contributed by atoms with E-state index in [0.717, 1.165) is 219 Å².